The zero-order chi connectivity index (χ0) is 38.1. The molecule has 3 heterocycles. The van der Waals surface area contributed by atoms with Gasteiger partial charge in [-0.25, -0.2) is 19.9 Å². The SMILES string of the molecule is CC(C)CCOCCOCCOCCOCCOCCN(CCCCc1ccc2c(n1)NCCC2)CCC(Nc1ncnc2ccccc12)C(N)=NC=N. The molecule has 14 heteroatoms. The third kappa shape index (κ3) is 16.7. The highest BCUT2D eigenvalue weighted by Crippen LogP contribution is 2.21. The molecule has 14 nitrogen and oxygen atoms in total. The van der Waals surface area contributed by atoms with E-state index >= 15 is 0 Å². The molecule has 1 unspecified atom stereocenters. The summed E-state index contributed by atoms with van der Waals surface area (Å²) in [6.45, 7) is 13.5. The average Bonchev–Trinajstić information content (AvgIpc) is 3.18. The van der Waals surface area contributed by atoms with Crippen LogP contribution in [0.3, 0.4) is 0 Å². The summed E-state index contributed by atoms with van der Waals surface area (Å²) < 4.78 is 28.4. The number of para-hydroxylation sites is 1. The van der Waals surface area contributed by atoms with E-state index in [1.165, 1.54) is 5.56 Å². The summed E-state index contributed by atoms with van der Waals surface area (Å²) in [6.07, 6.45) is 9.50. The van der Waals surface area contributed by atoms with Gasteiger partial charge >= 0.3 is 0 Å². The first-order valence-corrected chi connectivity index (χ1v) is 19.7. The lowest BCUT2D eigenvalue weighted by Gasteiger charge is -2.26. The summed E-state index contributed by atoms with van der Waals surface area (Å²) in [7, 11) is 0. The molecule has 2 aromatic heterocycles. The number of aryl methyl sites for hydroxylation is 2. The lowest BCUT2D eigenvalue weighted by Crippen LogP contribution is -2.40. The minimum Gasteiger partial charge on any atom is -0.385 e. The zero-order valence-electron chi connectivity index (χ0n) is 32.5. The lowest BCUT2D eigenvalue weighted by atomic mass is 10.1. The van der Waals surface area contributed by atoms with Crippen molar-refractivity contribution in [2.45, 2.75) is 64.8 Å². The van der Waals surface area contributed by atoms with Crippen LogP contribution >= 0.6 is 0 Å². The molecule has 1 aliphatic heterocycles. The molecule has 0 spiro atoms. The van der Waals surface area contributed by atoms with Crippen LogP contribution in [0.25, 0.3) is 10.9 Å². The summed E-state index contributed by atoms with van der Waals surface area (Å²) in [5.41, 5.74) is 9.68. The van der Waals surface area contributed by atoms with Gasteiger partial charge in [-0.3, -0.25) is 5.41 Å². The smallest absolute Gasteiger partial charge is 0.137 e. The van der Waals surface area contributed by atoms with E-state index in [9.17, 15) is 0 Å². The van der Waals surface area contributed by atoms with E-state index in [1.54, 1.807) is 6.33 Å². The molecule has 298 valence electrons. The van der Waals surface area contributed by atoms with Crippen molar-refractivity contribution in [2.24, 2.45) is 16.6 Å². The van der Waals surface area contributed by atoms with E-state index in [0.717, 1.165) is 100 Å². The summed E-state index contributed by atoms with van der Waals surface area (Å²) >= 11 is 0. The molecular formula is C40H63N9O5. The van der Waals surface area contributed by atoms with Gasteiger partial charge in [0.15, 0.2) is 0 Å². The maximum absolute atomic E-state index is 7.53. The number of hydrogen-bond acceptors (Lipinski definition) is 12. The Morgan fingerprint density at radius 2 is 1.57 bits per heavy atom. The first kappa shape index (κ1) is 42.9. The second-order valence-electron chi connectivity index (χ2n) is 13.8. The van der Waals surface area contributed by atoms with Crippen LogP contribution in [0.5, 0.6) is 0 Å². The highest BCUT2D eigenvalue weighted by molar-refractivity contribution is 5.95. The van der Waals surface area contributed by atoms with Crippen LogP contribution in [0.4, 0.5) is 11.6 Å². The normalized spacial score (nSPS) is 13.7. The van der Waals surface area contributed by atoms with Gasteiger partial charge in [-0.05, 0) is 81.2 Å². The van der Waals surface area contributed by atoms with Crippen LogP contribution in [-0.2, 0) is 36.5 Å². The van der Waals surface area contributed by atoms with Crippen LogP contribution < -0.4 is 16.4 Å². The van der Waals surface area contributed by atoms with E-state index in [4.69, 9.17) is 39.8 Å². The second-order valence-corrected chi connectivity index (χ2v) is 13.8. The van der Waals surface area contributed by atoms with Crippen LogP contribution in [-0.4, -0.2) is 130 Å². The Labute approximate surface area is 321 Å². The molecule has 5 N–H and O–H groups in total. The number of ether oxygens (including phenoxy) is 5. The maximum atomic E-state index is 7.53. The van der Waals surface area contributed by atoms with Crippen molar-refractivity contribution >= 4 is 34.7 Å². The topological polar surface area (TPSA) is 174 Å². The van der Waals surface area contributed by atoms with Crippen molar-refractivity contribution in [3.8, 4) is 0 Å². The van der Waals surface area contributed by atoms with Gasteiger partial charge in [0, 0.05) is 37.3 Å². The number of aliphatic imine (C=N–C) groups is 1. The largest absolute Gasteiger partial charge is 0.385 e. The van der Waals surface area contributed by atoms with E-state index in [1.807, 2.05) is 24.3 Å². The van der Waals surface area contributed by atoms with Gasteiger partial charge in [0.1, 0.15) is 30.1 Å². The first-order valence-electron chi connectivity index (χ1n) is 19.7. The Hall–Kier alpha value is -3.79. The molecule has 1 atom stereocenters. The fourth-order valence-corrected chi connectivity index (χ4v) is 6.03. The molecule has 0 bridgehead atoms. The quantitative estimate of drug-likeness (QED) is 0.0410. The number of pyridine rings is 1. The number of aromatic nitrogens is 3. The number of amidine groups is 1. The van der Waals surface area contributed by atoms with Crippen molar-refractivity contribution in [2.75, 3.05) is 103 Å². The average molecular weight is 750 g/mol. The molecule has 4 rings (SSSR count). The van der Waals surface area contributed by atoms with Crippen LogP contribution in [0, 0.1) is 11.3 Å². The molecule has 54 heavy (non-hydrogen) atoms. The van der Waals surface area contributed by atoms with Gasteiger partial charge in [0.25, 0.3) is 0 Å². The third-order valence-corrected chi connectivity index (χ3v) is 9.15. The van der Waals surface area contributed by atoms with Gasteiger partial charge in [-0.1, -0.05) is 32.0 Å². The van der Waals surface area contributed by atoms with Gasteiger partial charge < -0.3 is 45.0 Å². The van der Waals surface area contributed by atoms with E-state index in [2.05, 4.69) is 56.5 Å². The summed E-state index contributed by atoms with van der Waals surface area (Å²) in [4.78, 5) is 20.3. The first-order chi connectivity index (χ1) is 26.5. The molecule has 1 aliphatic rings. The lowest BCUT2D eigenvalue weighted by molar-refractivity contribution is -0.0127. The van der Waals surface area contributed by atoms with Crippen LogP contribution in [0.2, 0.25) is 0 Å². The maximum Gasteiger partial charge on any atom is 0.137 e. The molecular weight excluding hydrogens is 686 g/mol. The Morgan fingerprint density at radius 1 is 0.870 bits per heavy atom. The minimum atomic E-state index is -0.323. The van der Waals surface area contributed by atoms with Crippen molar-refractivity contribution < 1.29 is 23.7 Å². The highest BCUT2D eigenvalue weighted by atomic mass is 16.6. The molecule has 0 fully saturated rings. The van der Waals surface area contributed by atoms with Crippen LogP contribution in [0.1, 0.15) is 57.2 Å². The molecule has 1 aromatic carbocycles. The van der Waals surface area contributed by atoms with Crippen molar-refractivity contribution in [3.05, 3.63) is 54.0 Å². The summed E-state index contributed by atoms with van der Waals surface area (Å²) in [5.74, 6) is 2.73. The number of rotatable bonds is 30. The number of nitrogens with two attached hydrogens (primary N) is 1. The molecule has 0 saturated carbocycles. The predicted octanol–water partition coefficient (Wildman–Crippen LogP) is 4.97. The number of hydrogen-bond donors (Lipinski definition) is 4. The molecule has 3 aromatic rings. The van der Waals surface area contributed by atoms with Crippen molar-refractivity contribution in [3.63, 3.8) is 0 Å². The van der Waals surface area contributed by atoms with Gasteiger partial charge in [-0.2, -0.15) is 0 Å². The standard InChI is InChI=1S/C40H63N9O5/c1-32(2)15-20-50-22-24-52-26-28-54-29-27-53-25-23-51-21-19-49(17-6-5-9-34-13-12-33-8-7-16-43-39(33)47-34)18-14-37(38(42)44-30-41)48-40-35-10-3-4-11-36(35)45-31-46-40/h3-4,10-13,30-32,37H,5-9,14-29H2,1-2H3,(H,43,47)(H3,41,42,44)(H,45,46,48). The van der Waals surface area contributed by atoms with Gasteiger partial charge in [-0.15, -0.1) is 0 Å². The van der Waals surface area contributed by atoms with Crippen LogP contribution in [0.15, 0.2) is 47.7 Å². The Bertz CT molecular complexity index is 1510. The Morgan fingerprint density at radius 3 is 2.30 bits per heavy atom. The number of benzene rings is 1. The van der Waals surface area contributed by atoms with E-state index < -0.39 is 0 Å². The van der Waals surface area contributed by atoms with E-state index in [0.29, 0.717) is 83.5 Å². The van der Waals surface area contributed by atoms with Crippen molar-refractivity contribution in [1.82, 2.24) is 19.9 Å². The van der Waals surface area contributed by atoms with E-state index in [-0.39, 0.29) is 6.04 Å². The third-order valence-electron chi connectivity index (χ3n) is 9.15. The summed E-state index contributed by atoms with van der Waals surface area (Å²) in [5, 5.41) is 15.4. The fraction of sp³-hybridized carbons (Fsp3) is 0.625. The minimum absolute atomic E-state index is 0.323. The molecule has 0 aliphatic carbocycles. The highest BCUT2D eigenvalue weighted by Gasteiger charge is 2.18. The van der Waals surface area contributed by atoms with Gasteiger partial charge in [0.05, 0.1) is 71.0 Å². The summed E-state index contributed by atoms with van der Waals surface area (Å²) in [6, 6.07) is 11.9. The number of fused-ring (bicyclic) bond motifs is 2. The molecule has 0 radical (unpaired) electrons. The molecule has 0 saturated heterocycles. The second kappa shape index (κ2) is 26.1. The fourth-order valence-electron chi connectivity index (χ4n) is 6.03. The predicted molar refractivity (Wildman–Crippen MR) is 216 cm³/mol. The number of unbranched alkanes of at least 4 members (excludes halogenated alkanes) is 1. The monoisotopic (exact) mass is 749 g/mol. The number of nitrogens with zero attached hydrogens (tertiary/aromatic N) is 5. The zero-order valence-corrected chi connectivity index (χ0v) is 32.5. The Kier molecular flexibility index (Phi) is 20.7. The Balaban J connectivity index is 1.18. The number of anilines is 2. The van der Waals surface area contributed by atoms with Gasteiger partial charge in [0.2, 0.25) is 0 Å². The molecule has 0 amide bonds. The van der Waals surface area contributed by atoms with Crippen molar-refractivity contribution in [1.29, 1.82) is 5.41 Å². The number of nitrogens with one attached hydrogen (secondary N) is 3.